The van der Waals surface area contributed by atoms with Crippen molar-refractivity contribution in [3.05, 3.63) is 0 Å². The fourth-order valence-electron chi connectivity index (χ4n) is 1.35. The van der Waals surface area contributed by atoms with E-state index in [-0.39, 0.29) is 0 Å². The van der Waals surface area contributed by atoms with E-state index in [1.165, 1.54) is 0 Å². The van der Waals surface area contributed by atoms with Crippen LogP contribution in [0.15, 0.2) is 0 Å². The fourth-order valence-corrected chi connectivity index (χ4v) is 2.47. The molecule has 0 bridgehead atoms. The quantitative estimate of drug-likeness (QED) is 0.588. The van der Waals surface area contributed by atoms with Crippen molar-refractivity contribution in [2.75, 3.05) is 31.1 Å². The van der Waals surface area contributed by atoms with Gasteiger partial charge in [0, 0.05) is 41.8 Å². The van der Waals surface area contributed by atoms with Crippen molar-refractivity contribution in [2.24, 2.45) is 0 Å². The van der Waals surface area contributed by atoms with Crippen LogP contribution >= 0.6 is 0 Å². The number of aldehydes is 1. The van der Waals surface area contributed by atoms with Gasteiger partial charge in [0.15, 0.2) is 0 Å². The van der Waals surface area contributed by atoms with E-state index in [0.29, 0.717) is 6.42 Å². The highest BCUT2D eigenvalue weighted by atomic mass is 32.2. The van der Waals surface area contributed by atoms with Crippen LogP contribution in [0.4, 0.5) is 0 Å². The predicted molar refractivity (Wildman–Crippen MR) is 49.6 cm³/mol. The first-order valence-corrected chi connectivity index (χ1v) is 5.82. The van der Waals surface area contributed by atoms with E-state index in [4.69, 9.17) is 0 Å². The normalized spacial score (nSPS) is 26.5. The summed E-state index contributed by atoms with van der Waals surface area (Å²) in [5.74, 6) is 1.61. The van der Waals surface area contributed by atoms with Crippen molar-refractivity contribution in [2.45, 2.75) is 12.8 Å². The zero-order valence-electron chi connectivity index (χ0n) is 7.20. The lowest BCUT2D eigenvalue weighted by Crippen LogP contribution is -2.27. The number of carbonyl (C=O) groups is 1. The molecule has 1 saturated heterocycles. The summed E-state index contributed by atoms with van der Waals surface area (Å²) < 4.78 is 11.1. The van der Waals surface area contributed by atoms with E-state index in [9.17, 15) is 9.00 Å². The molecule has 1 rings (SSSR count). The summed E-state index contributed by atoms with van der Waals surface area (Å²) in [5, 5.41) is 0. The predicted octanol–water partition coefficient (Wildman–Crippen LogP) is 0.0298. The number of carbonyl (C=O) groups excluding carboxylic acids is 1. The van der Waals surface area contributed by atoms with Crippen molar-refractivity contribution in [3.63, 3.8) is 0 Å². The molecule has 0 aliphatic carbocycles. The Bertz CT molecular complexity index is 172. The molecule has 0 aromatic heterocycles. The Kier molecular flexibility index (Phi) is 4.46. The van der Waals surface area contributed by atoms with Crippen LogP contribution in [0.5, 0.6) is 0 Å². The molecule has 4 heteroatoms. The van der Waals surface area contributed by atoms with Gasteiger partial charge in [-0.25, -0.2) is 0 Å². The number of hydrogen-bond acceptors (Lipinski definition) is 3. The van der Waals surface area contributed by atoms with Crippen LogP contribution < -0.4 is 0 Å². The van der Waals surface area contributed by atoms with Gasteiger partial charge in [0.25, 0.3) is 0 Å². The zero-order chi connectivity index (χ0) is 8.81. The van der Waals surface area contributed by atoms with Crippen LogP contribution in [0.25, 0.3) is 0 Å². The Morgan fingerprint density at radius 1 is 1.33 bits per heavy atom. The van der Waals surface area contributed by atoms with Gasteiger partial charge in [-0.1, -0.05) is 0 Å². The van der Waals surface area contributed by atoms with E-state index in [0.717, 1.165) is 43.8 Å². The largest absolute Gasteiger partial charge is 0.303 e. The second kappa shape index (κ2) is 5.43. The SMILES string of the molecule is O=CCCN1CCCS(=O)CC1. The van der Waals surface area contributed by atoms with Gasteiger partial charge in [0.1, 0.15) is 6.29 Å². The minimum absolute atomic E-state index is 0.604. The number of nitrogens with zero attached hydrogens (tertiary/aromatic N) is 1. The Hall–Kier alpha value is -0.220. The molecule has 1 unspecified atom stereocenters. The van der Waals surface area contributed by atoms with Gasteiger partial charge in [-0.2, -0.15) is 0 Å². The molecule has 1 heterocycles. The molecule has 0 spiro atoms. The van der Waals surface area contributed by atoms with Gasteiger partial charge in [0.05, 0.1) is 0 Å². The third kappa shape index (κ3) is 3.45. The third-order valence-corrected chi connectivity index (χ3v) is 3.43. The molecule has 1 fully saturated rings. The first-order chi connectivity index (χ1) is 5.83. The molecule has 0 aromatic carbocycles. The van der Waals surface area contributed by atoms with Gasteiger partial charge in [-0.15, -0.1) is 0 Å². The number of hydrogen-bond donors (Lipinski definition) is 0. The van der Waals surface area contributed by atoms with Crippen molar-refractivity contribution in [3.8, 4) is 0 Å². The van der Waals surface area contributed by atoms with Crippen LogP contribution in [0.3, 0.4) is 0 Å². The highest BCUT2D eigenvalue weighted by Crippen LogP contribution is 2.01. The standard InChI is InChI=1S/C8H15NO2S/c10-6-1-3-9-4-2-7-12(11)8-5-9/h6H,1-5,7-8H2. The smallest absolute Gasteiger partial charge is 0.121 e. The Morgan fingerprint density at radius 2 is 2.17 bits per heavy atom. The maximum atomic E-state index is 11.1. The molecule has 3 nitrogen and oxygen atoms in total. The van der Waals surface area contributed by atoms with E-state index >= 15 is 0 Å². The lowest BCUT2D eigenvalue weighted by Gasteiger charge is -2.16. The molecule has 0 saturated carbocycles. The minimum atomic E-state index is -0.614. The number of rotatable bonds is 3. The van der Waals surface area contributed by atoms with Crippen molar-refractivity contribution >= 4 is 17.1 Å². The third-order valence-electron chi connectivity index (χ3n) is 2.04. The average molecular weight is 189 g/mol. The first-order valence-electron chi connectivity index (χ1n) is 4.34. The van der Waals surface area contributed by atoms with Gasteiger partial charge in [0.2, 0.25) is 0 Å². The van der Waals surface area contributed by atoms with Crippen LogP contribution in [0.2, 0.25) is 0 Å². The van der Waals surface area contributed by atoms with Gasteiger partial charge in [-0.05, 0) is 13.0 Å². The molecular formula is C8H15NO2S. The molecule has 0 N–H and O–H groups in total. The van der Waals surface area contributed by atoms with Gasteiger partial charge in [-0.3, -0.25) is 4.21 Å². The Balaban J connectivity index is 2.25. The Labute approximate surface area is 75.6 Å². The van der Waals surface area contributed by atoms with Crippen molar-refractivity contribution in [1.29, 1.82) is 0 Å². The molecule has 1 aliphatic rings. The minimum Gasteiger partial charge on any atom is -0.303 e. The zero-order valence-corrected chi connectivity index (χ0v) is 8.02. The molecule has 12 heavy (non-hydrogen) atoms. The summed E-state index contributed by atoms with van der Waals surface area (Å²) in [4.78, 5) is 12.3. The van der Waals surface area contributed by atoms with E-state index in [2.05, 4.69) is 4.90 Å². The topological polar surface area (TPSA) is 37.4 Å². The van der Waals surface area contributed by atoms with Crippen LogP contribution in [0.1, 0.15) is 12.8 Å². The van der Waals surface area contributed by atoms with Crippen LogP contribution in [-0.4, -0.2) is 46.5 Å². The molecule has 0 aromatic rings. The molecule has 1 atom stereocenters. The summed E-state index contributed by atoms with van der Waals surface area (Å²) in [6, 6.07) is 0. The lowest BCUT2D eigenvalue weighted by atomic mass is 10.3. The summed E-state index contributed by atoms with van der Waals surface area (Å²) in [6.07, 6.45) is 2.56. The molecule has 70 valence electrons. The molecular weight excluding hydrogens is 174 g/mol. The maximum Gasteiger partial charge on any atom is 0.121 e. The monoisotopic (exact) mass is 189 g/mol. The van der Waals surface area contributed by atoms with Crippen LogP contribution in [0, 0.1) is 0 Å². The summed E-state index contributed by atoms with van der Waals surface area (Å²) in [5.41, 5.74) is 0. The second-order valence-electron chi connectivity index (χ2n) is 3.00. The van der Waals surface area contributed by atoms with Crippen molar-refractivity contribution < 1.29 is 9.00 Å². The van der Waals surface area contributed by atoms with Gasteiger partial charge >= 0.3 is 0 Å². The summed E-state index contributed by atoms with van der Waals surface area (Å²) in [7, 11) is -0.614. The maximum absolute atomic E-state index is 11.1. The van der Waals surface area contributed by atoms with Crippen molar-refractivity contribution in [1.82, 2.24) is 4.90 Å². The summed E-state index contributed by atoms with van der Waals surface area (Å²) >= 11 is 0. The first kappa shape index (κ1) is 9.86. The summed E-state index contributed by atoms with van der Waals surface area (Å²) in [6.45, 7) is 2.72. The average Bonchev–Trinajstić information content (AvgIpc) is 2.27. The van der Waals surface area contributed by atoms with E-state index in [1.807, 2.05) is 0 Å². The highest BCUT2D eigenvalue weighted by molar-refractivity contribution is 7.85. The molecule has 0 amide bonds. The molecule has 0 radical (unpaired) electrons. The van der Waals surface area contributed by atoms with Crippen LogP contribution in [-0.2, 0) is 15.6 Å². The fraction of sp³-hybridized carbons (Fsp3) is 0.875. The second-order valence-corrected chi connectivity index (χ2v) is 4.69. The van der Waals surface area contributed by atoms with Gasteiger partial charge < -0.3 is 9.69 Å². The lowest BCUT2D eigenvalue weighted by molar-refractivity contribution is -0.108. The van der Waals surface area contributed by atoms with E-state index < -0.39 is 10.8 Å². The molecule has 1 aliphatic heterocycles. The highest BCUT2D eigenvalue weighted by Gasteiger charge is 2.11. The van der Waals surface area contributed by atoms with E-state index in [1.54, 1.807) is 0 Å². The Morgan fingerprint density at radius 3 is 2.92 bits per heavy atom.